The van der Waals surface area contributed by atoms with Crippen molar-refractivity contribution in [3.63, 3.8) is 0 Å². The summed E-state index contributed by atoms with van der Waals surface area (Å²) in [5.74, 6) is 0. The fourth-order valence-electron chi connectivity index (χ4n) is 8.79. The van der Waals surface area contributed by atoms with Gasteiger partial charge in [-0.15, -0.1) is 0 Å². The van der Waals surface area contributed by atoms with Crippen LogP contribution in [0.15, 0.2) is 243 Å². The summed E-state index contributed by atoms with van der Waals surface area (Å²) in [4.78, 5) is 2.38. The standard InChI is InChI=1S/C58H40N2/c1-3-13-41(14-4-1)43-23-25-47(26-24-43)53-19-9-11-21-56(53)59(50-33-27-44(28-34-50)42-15-5-2-6-16-42)51-35-29-45(30-36-51)46-31-37-52(38-32-46)60-57-22-12-10-20-54(57)55-39-48-17-7-8-18-49(48)40-58(55)60/h1-40H. The molecule has 0 aliphatic carbocycles. The topological polar surface area (TPSA) is 8.17 Å². The Hall–Kier alpha value is -7.94. The van der Waals surface area contributed by atoms with Gasteiger partial charge < -0.3 is 9.47 Å². The largest absolute Gasteiger partial charge is 0.310 e. The van der Waals surface area contributed by atoms with Gasteiger partial charge in [0.1, 0.15) is 0 Å². The fraction of sp³-hybridized carbons (Fsp3) is 0. The zero-order chi connectivity index (χ0) is 39.8. The molecule has 2 heteroatoms. The van der Waals surface area contributed by atoms with Gasteiger partial charge in [-0.25, -0.2) is 0 Å². The molecule has 11 rings (SSSR count). The van der Waals surface area contributed by atoms with Crippen molar-refractivity contribution in [2.75, 3.05) is 4.90 Å². The summed E-state index contributed by atoms with van der Waals surface area (Å²) >= 11 is 0. The summed E-state index contributed by atoms with van der Waals surface area (Å²) in [6.45, 7) is 0. The molecule has 0 fully saturated rings. The molecule has 0 saturated carbocycles. The van der Waals surface area contributed by atoms with Gasteiger partial charge in [-0.1, -0.05) is 182 Å². The van der Waals surface area contributed by atoms with E-state index >= 15 is 0 Å². The van der Waals surface area contributed by atoms with Crippen molar-refractivity contribution in [1.29, 1.82) is 0 Å². The zero-order valence-electron chi connectivity index (χ0n) is 33.0. The second kappa shape index (κ2) is 15.1. The van der Waals surface area contributed by atoms with Crippen LogP contribution in [0.3, 0.4) is 0 Å². The van der Waals surface area contributed by atoms with Gasteiger partial charge in [0.15, 0.2) is 0 Å². The van der Waals surface area contributed by atoms with Crippen LogP contribution in [-0.4, -0.2) is 4.57 Å². The van der Waals surface area contributed by atoms with Gasteiger partial charge in [0.05, 0.1) is 16.7 Å². The Morgan fingerprint density at radius 2 is 0.717 bits per heavy atom. The Kier molecular flexibility index (Phi) is 8.87. The van der Waals surface area contributed by atoms with E-state index in [1.54, 1.807) is 0 Å². The molecule has 10 aromatic carbocycles. The molecule has 60 heavy (non-hydrogen) atoms. The maximum atomic E-state index is 2.40. The van der Waals surface area contributed by atoms with Gasteiger partial charge in [-0.2, -0.15) is 0 Å². The number of para-hydroxylation sites is 2. The summed E-state index contributed by atoms with van der Waals surface area (Å²) in [6.07, 6.45) is 0. The van der Waals surface area contributed by atoms with Crippen molar-refractivity contribution in [1.82, 2.24) is 4.57 Å². The number of nitrogens with zero attached hydrogens (tertiary/aromatic N) is 2. The molecule has 0 bridgehead atoms. The Balaban J connectivity index is 0.963. The minimum absolute atomic E-state index is 1.09. The molecule has 2 nitrogen and oxygen atoms in total. The minimum Gasteiger partial charge on any atom is -0.310 e. The molecular weight excluding hydrogens is 725 g/mol. The van der Waals surface area contributed by atoms with E-state index in [4.69, 9.17) is 0 Å². The van der Waals surface area contributed by atoms with Crippen LogP contribution in [-0.2, 0) is 0 Å². The Labute approximate surface area is 350 Å². The molecule has 1 aromatic heterocycles. The zero-order valence-corrected chi connectivity index (χ0v) is 33.0. The lowest BCUT2D eigenvalue weighted by Gasteiger charge is -2.28. The van der Waals surface area contributed by atoms with Crippen molar-refractivity contribution in [3.05, 3.63) is 243 Å². The van der Waals surface area contributed by atoms with Crippen molar-refractivity contribution in [3.8, 4) is 50.2 Å². The van der Waals surface area contributed by atoms with Crippen molar-refractivity contribution >= 4 is 49.6 Å². The third-order valence-electron chi connectivity index (χ3n) is 11.8. The van der Waals surface area contributed by atoms with E-state index in [2.05, 4.69) is 252 Å². The first-order valence-electron chi connectivity index (χ1n) is 20.6. The van der Waals surface area contributed by atoms with Crippen molar-refractivity contribution in [2.24, 2.45) is 0 Å². The van der Waals surface area contributed by atoms with E-state index in [0.29, 0.717) is 0 Å². The summed E-state index contributed by atoms with van der Waals surface area (Å²) in [5.41, 5.74) is 16.4. The maximum Gasteiger partial charge on any atom is 0.0547 e. The number of anilines is 3. The molecule has 1 heterocycles. The molecule has 0 spiro atoms. The molecule has 0 aliphatic heterocycles. The van der Waals surface area contributed by atoms with Gasteiger partial charge in [-0.05, 0) is 110 Å². The number of hydrogen-bond donors (Lipinski definition) is 0. The number of hydrogen-bond acceptors (Lipinski definition) is 1. The number of benzene rings is 10. The lowest BCUT2D eigenvalue weighted by Crippen LogP contribution is -2.11. The molecule has 0 atom stereocenters. The Morgan fingerprint density at radius 1 is 0.283 bits per heavy atom. The van der Waals surface area contributed by atoms with E-state index in [-0.39, 0.29) is 0 Å². The number of aromatic nitrogens is 1. The van der Waals surface area contributed by atoms with Crippen LogP contribution in [0.5, 0.6) is 0 Å². The van der Waals surface area contributed by atoms with Crippen molar-refractivity contribution < 1.29 is 0 Å². The summed E-state index contributed by atoms with van der Waals surface area (Å²) in [7, 11) is 0. The van der Waals surface area contributed by atoms with Crippen LogP contribution in [0.1, 0.15) is 0 Å². The summed E-state index contributed by atoms with van der Waals surface area (Å²) in [6, 6.07) is 87.8. The molecule has 0 radical (unpaired) electrons. The Bertz CT molecular complexity index is 3250. The van der Waals surface area contributed by atoms with E-state index in [1.165, 1.54) is 77.1 Å². The molecule has 0 amide bonds. The number of fused-ring (bicyclic) bond motifs is 4. The highest BCUT2D eigenvalue weighted by molar-refractivity contribution is 6.13. The van der Waals surface area contributed by atoms with Crippen LogP contribution < -0.4 is 4.90 Å². The molecule has 282 valence electrons. The van der Waals surface area contributed by atoms with Gasteiger partial charge in [0.25, 0.3) is 0 Å². The van der Waals surface area contributed by atoms with Crippen LogP contribution in [0.4, 0.5) is 17.1 Å². The lowest BCUT2D eigenvalue weighted by molar-refractivity contribution is 1.18. The smallest absolute Gasteiger partial charge is 0.0547 e. The normalized spacial score (nSPS) is 11.3. The fourth-order valence-corrected chi connectivity index (χ4v) is 8.79. The average Bonchev–Trinajstić information content (AvgIpc) is 3.65. The molecule has 0 aliphatic rings. The first-order valence-corrected chi connectivity index (χ1v) is 20.6. The molecule has 11 aromatic rings. The predicted octanol–water partition coefficient (Wildman–Crippen LogP) is 16.1. The average molecular weight is 765 g/mol. The molecular formula is C58H40N2. The van der Waals surface area contributed by atoms with Crippen LogP contribution >= 0.6 is 0 Å². The van der Waals surface area contributed by atoms with Crippen LogP contribution in [0, 0.1) is 0 Å². The van der Waals surface area contributed by atoms with Gasteiger partial charge in [0, 0.05) is 33.4 Å². The van der Waals surface area contributed by atoms with E-state index < -0.39 is 0 Å². The first kappa shape index (κ1) is 35.2. The van der Waals surface area contributed by atoms with E-state index in [9.17, 15) is 0 Å². The maximum absolute atomic E-state index is 2.40. The van der Waals surface area contributed by atoms with Crippen molar-refractivity contribution in [2.45, 2.75) is 0 Å². The minimum atomic E-state index is 1.09. The Morgan fingerprint density at radius 3 is 1.32 bits per heavy atom. The quantitative estimate of drug-likeness (QED) is 0.150. The first-order chi connectivity index (χ1) is 29.7. The van der Waals surface area contributed by atoms with Gasteiger partial charge in [0.2, 0.25) is 0 Å². The highest BCUT2D eigenvalue weighted by Crippen LogP contribution is 2.42. The second-order valence-corrected chi connectivity index (χ2v) is 15.4. The third-order valence-corrected chi connectivity index (χ3v) is 11.8. The van der Waals surface area contributed by atoms with E-state index in [1.807, 2.05) is 0 Å². The van der Waals surface area contributed by atoms with Crippen LogP contribution in [0.25, 0.3) is 82.8 Å². The highest BCUT2D eigenvalue weighted by atomic mass is 15.1. The third kappa shape index (κ3) is 6.41. The van der Waals surface area contributed by atoms with E-state index in [0.717, 1.165) is 22.7 Å². The SMILES string of the molecule is c1ccc(-c2ccc(-c3ccccc3N(c3ccc(-c4ccccc4)cc3)c3ccc(-c4ccc(-n5c6ccccc6c6cc7ccccc7cc65)cc4)cc3)cc2)cc1. The lowest BCUT2D eigenvalue weighted by atomic mass is 9.98. The summed E-state index contributed by atoms with van der Waals surface area (Å²) < 4.78 is 2.40. The summed E-state index contributed by atoms with van der Waals surface area (Å²) in [5, 5.41) is 5.04. The predicted molar refractivity (Wildman–Crippen MR) is 255 cm³/mol. The number of rotatable bonds is 8. The monoisotopic (exact) mass is 764 g/mol. The van der Waals surface area contributed by atoms with Crippen LogP contribution in [0.2, 0.25) is 0 Å². The van der Waals surface area contributed by atoms with Gasteiger partial charge >= 0.3 is 0 Å². The second-order valence-electron chi connectivity index (χ2n) is 15.4. The highest BCUT2D eigenvalue weighted by Gasteiger charge is 2.18. The molecule has 0 saturated heterocycles. The molecule has 0 N–H and O–H groups in total. The molecule has 0 unspecified atom stereocenters. The van der Waals surface area contributed by atoms with Gasteiger partial charge in [-0.3, -0.25) is 0 Å².